The quantitative estimate of drug-likeness (QED) is 0.831. The van der Waals surface area contributed by atoms with Crippen LogP contribution in [0.1, 0.15) is 6.92 Å². The topological polar surface area (TPSA) is 90.0 Å². The van der Waals surface area contributed by atoms with Gasteiger partial charge in [-0.3, -0.25) is 9.40 Å². The number of hydrogen-bond acceptors (Lipinski definition) is 4. The molecule has 0 spiro atoms. The summed E-state index contributed by atoms with van der Waals surface area (Å²) in [6.45, 7) is 2.46. The predicted octanol–water partition coefficient (Wildman–Crippen LogP) is 1.43. The number of aryl methyl sites for hydroxylation is 1. The van der Waals surface area contributed by atoms with Crippen LogP contribution in [-0.2, 0) is 16.6 Å². The van der Waals surface area contributed by atoms with Gasteiger partial charge in [0.2, 0.25) is 0 Å². The van der Waals surface area contributed by atoms with Crippen molar-refractivity contribution in [3.05, 3.63) is 36.4 Å². The number of aromatic nitrogens is 2. The number of nitrogen functional groups attached to an aromatic ring is 1. The third-order valence-corrected chi connectivity index (χ3v) is 3.95. The lowest BCUT2D eigenvalue weighted by atomic mass is 10.3. The van der Waals surface area contributed by atoms with Crippen molar-refractivity contribution in [2.75, 3.05) is 10.5 Å². The van der Waals surface area contributed by atoms with Gasteiger partial charge in [-0.25, -0.2) is 12.8 Å². The van der Waals surface area contributed by atoms with E-state index in [4.69, 9.17) is 5.73 Å². The standard InChI is InChI=1S/C11H13FN4O2S/c1-2-16-7-8(6-14-16)15-19(17,18)11-9(12)4-3-5-10(11)13/h3-7,15H,2,13H2,1H3. The molecule has 6 nitrogen and oxygen atoms in total. The lowest BCUT2D eigenvalue weighted by Crippen LogP contribution is -2.16. The van der Waals surface area contributed by atoms with Crippen molar-refractivity contribution in [2.45, 2.75) is 18.4 Å². The largest absolute Gasteiger partial charge is 0.398 e. The fraction of sp³-hybridized carbons (Fsp3) is 0.182. The van der Waals surface area contributed by atoms with E-state index >= 15 is 0 Å². The number of nitrogens with one attached hydrogen (secondary N) is 1. The van der Waals surface area contributed by atoms with Crippen LogP contribution >= 0.6 is 0 Å². The van der Waals surface area contributed by atoms with E-state index in [-0.39, 0.29) is 11.4 Å². The highest BCUT2D eigenvalue weighted by Crippen LogP contribution is 2.24. The van der Waals surface area contributed by atoms with Crippen LogP contribution in [0.15, 0.2) is 35.5 Å². The molecule has 1 aromatic carbocycles. The number of sulfonamides is 1. The van der Waals surface area contributed by atoms with Gasteiger partial charge in [-0.15, -0.1) is 0 Å². The lowest BCUT2D eigenvalue weighted by molar-refractivity contribution is 0.572. The minimum absolute atomic E-state index is 0.143. The van der Waals surface area contributed by atoms with E-state index in [0.717, 1.165) is 6.07 Å². The van der Waals surface area contributed by atoms with Crippen LogP contribution in [0.2, 0.25) is 0 Å². The van der Waals surface area contributed by atoms with Crippen LogP contribution in [0, 0.1) is 5.82 Å². The maximum Gasteiger partial charge on any atom is 0.266 e. The molecule has 0 unspecified atom stereocenters. The van der Waals surface area contributed by atoms with Crippen LogP contribution in [-0.4, -0.2) is 18.2 Å². The SMILES string of the molecule is CCn1cc(NS(=O)(=O)c2c(N)cccc2F)cn1. The summed E-state index contributed by atoms with van der Waals surface area (Å²) < 4.78 is 41.5. The number of hydrogen-bond donors (Lipinski definition) is 2. The van der Waals surface area contributed by atoms with Crippen molar-refractivity contribution in [1.82, 2.24) is 9.78 Å². The average Bonchev–Trinajstić information content (AvgIpc) is 2.75. The van der Waals surface area contributed by atoms with E-state index in [2.05, 4.69) is 9.82 Å². The second kappa shape index (κ2) is 4.88. The molecule has 19 heavy (non-hydrogen) atoms. The number of nitrogens with two attached hydrogens (primary N) is 1. The second-order valence-electron chi connectivity index (χ2n) is 3.85. The third-order valence-electron chi connectivity index (χ3n) is 2.48. The van der Waals surface area contributed by atoms with E-state index in [9.17, 15) is 12.8 Å². The van der Waals surface area contributed by atoms with Crippen LogP contribution in [0.25, 0.3) is 0 Å². The Bertz CT molecular complexity index is 676. The van der Waals surface area contributed by atoms with Gasteiger partial charge < -0.3 is 5.73 Å². The van der Waals surface area contributed by atoms with E-state index in [1.165, 1.54) is 24.5 Å². The van der Waals surface area contributed by atoms with Crippen molar-refractivity contribution in [3.8, 4) is 0 Å². The van der Waals surface area contributed by atoms with Crippen LogP contribution in [0.5, 0.6) is 0 Å². The molecule has 102 valence electrons. The average molecular weight is 284 g/mol. The molecule has 0 saturated heterocycles. The maximum atomic E-state index is 13.6. The summed E-state index contributed by atoms with van der Waals surface area (Å²) in [5.41, 5.74) is 5.62. The molecule has 0 aliphatic rings. The molecule has 0 bridgehead atoms. The predicted molar refractivity (Wildman–Crippen MR) is 69.5 cm³/mol. The number of nitrogens with zero attached hydrogens (tertiary/aromatic N) is 2. The molecule has 2 aromatic rings. The zero-order valence-corrected chi connectivity index (χ0v) is 11.0. The monoisotopic (exact) mass is 284 g/mol. The van der Waals surface area contributed by atoms with Gasteiger partial charge in [0.05, 0.1) is 17.6 Å². The first-order chi connectivity index (χ1) is 8.94. The minimum Gasteiger partial charge on any atom is -0.398 e. The zero-order valence-electron chi connectivity index (χ0n) is 10.2. The highest BCUT2D eigenvalue weighted by Gasteiger charge is 2.22. The molecule has 0 saturated carbocycles. The first-order valence-corrected chi connectivity index (χ1v) is 7.01. The number of anilines is 2. The molecule has 0 aliphatic heterocycles. The van der Waals surface area contributed by atoms with E-state index in [1.807, 2.05) is 6.92 Å². The Hall–Kier alpha value is -2.09. The molecule has 0 aliphatic carbocycles. The third kappa shape index (κ3) is 2.68. The highest BCUT2D eigenvalue weighted by atomic mass is 32.2. The van der Waals surface area contributed by atoms with Crippen molar-refractivity contribution < 1.29 is 12.8 Å². The minimum atomic E-state index is -4.07. The van der Waals surface area contributed by atoms with Gasteiger partial charge in [0.25, 0.3) is 10.0 Å². The molecule has 3 N–H and O–H groups in total. The summed E-state index contributed by atoms with van der Waals surface area (Å²) in [4.78, 5) is -0.556. The van der Waals surface area contributed by atoms with Crippen molar-refractivity contribution in [3.63, 3.8) is 0 Å². The molecule has 1 aromatic heterocycles. The normalized spacial score (nSPS) is 11.5. The summed E-state index contributed by atoms with van der Waals surface area (Å²) in [6, 6.07) is 3.71. The zero-order chi connectivity index (χ0) is 14.0. The summed E-state index contributed by atoms with van der Waals surface area (Å²) in [7, 11) is -4.07. The molecule has 0 atom stereocenters. The molecule has 1 heterocycles. The van der Waals surface area contributed by atoms with Crippen molar-refractivity contribution >= 4 is 21.4 Å². The Kier molecular flexibility index (Phi) is 3.43. The Labute approximate surface area is 110 Å². The van der Waals surface area contributed by atoms with Crippen LogP contribution in [0.3, 0.4) is 0 Å². The fourth-order valence-corrected chi connectivity index (χ4v) is 2.83. The molecule has 0 amide bonds. The van der Waals surface area contributed by atoms with Gasteiger partial charge in [-0.05, 0) is 19.1 Å². The van der Waals surface area contributed by atoms with Crippen LogP contribution in [0.4, 0.5) is 15.8 Å². The molecule has 0 fully saturated rings. The molecule has 0 radical (unpaired) electrons. The van der Waals surface area contributed by atoms with E-state index < -0.39 is 20.7 Å². The molecular formula is C11H13FN4O2S. The first-order valence-electron chi connectivity index (χ1n) is 5.53. The smallest absolute Gasteiger partial charge is 0.266 e. The molecule has 2 rings (SSSR count). The van der Waals surface area contributed by atoms with Gasteiger partial charge in [-0.1, -0.05) is 6.07 Å². The Balaban J connectivity index is 2.38. The second-order valence-corrected chi connectivity index (χ2v) is 5.47. The van der Waals surface area contributed by atoms with Gasteiger partial charge >= 0.3 is 0 Å². The summed E-state index contributed by atoms with van der Waals surface area (Å²) in [5, 5.41) is 3.92. The fourth-order valence-electron chi connectivity index (χ4n) is 1.60. The first kappa shape index (κ1) is 13.3. The van der Waals surface area contributed by atoms with Crippen molar-refractivity contribution in [2.24, 2.45) is 0 Å². The lowest BCUT2D eigenvalue weighted by Gasteiger charge is -2.09. The summed E-state index contributed by atoms with van der Waals surface area (Å²) in [6.07, 6.45) is 2.85. The summed E-state index contributed by atoms with van der Waals surface area (Å²) in [5.74, 6) is -0.893. The Morgan fingerprint density at radius 1 is 1.47 bits per heavy atom. The highest BCUT2D eigenvalue weighted by molar-refractivity contribution is 7.92. The Morgan fingerprint density at radius 2 is 2.21 bits per heavy atom. The number of benzene rings is 1. The number of rotatable bonds is 4. The van der Waals surface area contributed by atoms with Gasteiger partial charge in [-0.2, -0.15) is 5.10 Å². The van der Waals surface area contributed by atoms with Crippen molar-refractivity contribution in [1.29, 1.82) is 0 Å². The molecular weight excluding hydrogens is 271 g/mol. The van der Waals surface area contributed by atoms with Crippen LogP contribution < -0.4 is 10.5 Å². The maximum absolute atomic E-state index is 13.6. The Morgan fingerprint density at radius 3 is 2.79 bits per heavy atom. The van der Waals surface area contributed by atoms with Gasteiger partial charge in [0, 0.05) is 12.7 Å². The van der Waals surface area contributed by atoms with Gasteiger partial charge in [0.1, 0.15) is 10.7 Å². The summed E-state index contributed by atoms with van der Waals surface area (Å²) >= 11 is 0. The van der Waals surface area contributed by atoms with Gasteiger partial charge in [0.15, 0.2) is 0 Å². The van der Waals surface area contributed by atoms with E-state index in [0.29, 0.717) is 6.54 Å². The van der Waals surface area contributed by atoms with E-state index in [1.54, 1.807) is 4.68 Å². The number of halogens is 1. The molecule has 8 heteroatoms.